The third-order valence-corrected chi connectivity index (χ3v) is 2.17. The number of hydrogen-bond acceptors (Lipinski definition) is 4. The molecular formula is C8H5BrF3NO4. The molecule has 17 heavy (non-hydrogen) atoms. The molecule has 1 aromatic rings. The van der Waals surface area contributed by atoms with Crippen LogP contribution in [0.25, 0.3) is 0 Å². The Kier molecular flexibility index (Phi) is 3.81. The van der Waals surface area contributed by atoms with Gasteiger partial charge < -0.3 is 14.9 Å². The zero-order valence-electron chi connectivity index (χ0n) is 7.95. The van der Waals surface area contributed by atoms with Gasteiger partial charge in [-0.3, -0.25) is 0 Å². The second-order valence-corrected chi connectivity index (χ2v) is 3.36. The van der Waals surface area contributed by atoms with Crippen molar-refractivity contribution < 1.29 is 32.9 Å². The fourth-order valence-corrected chi connectivity index (χ4v) is 1.27. The number of nitrogens with zero attached hydrogens (tertiary/aromatic N) is 1. The summed E-state index contributed by atoms with van der Waals surface area (Å²) < 4.78 is 39.3. The monoisotopic (exact) mass is 315 g/mol. The van der Waals surface area contributed by atoms with Gasteiger partial charge in [0.1, 0.15) is 5.56 Å². The summed E-state index contributed by atoms with van der Waals surface area (Å²) in [5.41, 5.74) is -0.729. The van der Waals surface area contributed by atoms with Crippen LogP contribution in [-0.2, 0) is 5.33 Å². The standard InChI is InChI=1S/C8H5BrF3NO4/c9-2-3-1-4(7(15)16)5(14)6(13-3)17-8(10,11)12/h1,14H,2H2,(H,15,16). The average Bonchev–Trinajstić information content (AvgIpc) is 2.18. The highest BCUT2D eigenvalue weighted by molar-refractivity contribution is 9.08. The Morgan fingerprint density at radius 1 is 1.53 bits per heavy atom. The van der Waals surface area contributed by atoms with Gasteiger partial charge >= 0.3 is 12.3 Å². The van der Waals surface area contributed by atoms with Crippen LogP contribution in [0, 0.1) is 0 Å². The number of carbonyl (C=O) groups is 1. The van der Waals surface area contributed by atoms with E-state index in [2.05, 4.69) is 25.7 Å². The van der Waals surface area contributed by atoms with Crippen LogP contribution in [0.2, 0.25) is 0 Å². The SMILES string of the molecule is O=C(O)c1cc(CBr)nc(OC(F)(F)F)c1O. The van der Waals surface area contributed by atoms with Gasteiger partial charge in [-0.15, -0.1) is 13.2 Å². The molecule has 0 atom stereocenters. The van der Waals surface area contributed by atoms with Crippen LogP contribution in [0.4, 0.5) is 13.2 Å². The van der Waals surface area contributed by atoms with Gasteiger partial charge in [0.2, 0.25) is 0 Å². The highest BCUT2D eigenvalue weighted by atomic mass is 79.9. The first-order valence-corrected chi connectivity index (χ1v) is 5.14. The molecule has 0 unspecified atom stereocenters. The van der Waals surface area contributed by atoms with E-state index in [1.807, 2.05) is 0 Å². The number of aromatic hydroxyl groups is 1. The van der Waals surface area contributed by atoms with E-state index in [1.54, 1.807) is 0 Å². The Bertz CT molecular complexity index is 449. The zero-order valence-corrected chi connectivity index (χ0v) is 9.54. The Balaban J connectivity index is 3.29. The van der Waals surface area contributed by atoms with Crippen molar-refractivity contribution in [1.82, 2.24) is 4.98 Å². The molecule has 0 aliphatic rings. The summed E-state index contributed by atoms with van der Waals surface area (Å²) in [4.78, 5) is 14.0. The van der Waals surface area contributed by atoms with E-state index in [0.29, 0.717) is 0 Å². The number of aromatic carboxylic acids is 1. The molecule has 1 rings (SSSR count). The number of aromatic nitrogens is 1. The minimum atomic E-state index is -5.06. The number of pyridine rings is 1. The Labute approximate surface area is 101 Å². The van der Waals surface area contributed by atoms with Crippen LogP contribution in [-0.4, -0.2) is 27.5 Å². The third kappa shape index (κ3) is 3.48. The summed E-state index contributed by atoms with van der Waals surface area (Å²) in [6.45, 7) is 0. The number of alkyl halides is 4. The van der Waals surface area contributed by atoms with E-state index >= 15 is 0 Å². The predicted molar refractivity (Wildman–Crippen MR) is 52.2 cm³/mol. The summed E-state index contributed by atoms with van der Waals surface area (Å²) in [6, 6.07) is 0.940. The molecule has 0 radical (unpaired) electrons. The lowest BCUT2D eigenvalue weighted by molar-refractivity contribution is -0.276. The van der Waals surface area contributed by atoms with Crippen molar-refractivity contribution in [3.05, 3.63) is 17.3 Å². The minimum absolute atomic E-state index is 0.0144. The molecule has 0 aliphatic carbocycles. The number of ether oxygens (including phenoxy) is 1. The van der Waals surface area contributed by atoms with Gasteiger partial charge in [0.05, 0.1) is 5.69 Å². The topological polar surface area (TPSA) is 79.7 Å². The van der Waals surface area contributed by atoms with Crippen molar-refractivity contribution in [3.63, 3.8) is 0 Å². The number of carboxylic acids is 1. The zero-order chi connectivity index (χ0) is 13.2. The quantitative estimate of drug-likeness (QED) is 0.836. The second-order valence-electron chi connectivity index (χ2n) is 2.80. The molecule has 0 aromatic carbocycles. The molecule has 0 saturated carbocycles. The maximum absolute atomic E-state index is 12.0. The minimum Gasteiger partial charge on any atom is -0.502 e. The van der Waals surface area contributed by atoms with Gasteiger partial charge in [0.15, 0.2) is 5.75 Å². The van der Waals surface area contributed by atoms with Crippen molar-refractivity contribution in [3.8, 4) is 11.6 Å². The van der Waals surface area contributed by atoms with Crippen LogP contribution in [0.5, 0.6) is 11.6 Å². The summed E-state index contributed by atoms with van der Waals surface area (Å²) in [6.07, 6.45) is -5.06. The average molecular weight is 316 g/mol. The lowest BCUT2D eigenvalue weighted by atomic mass is 10.2. The highest BCUT2D eigenvalue weighted by Crippen LogP contribution is 2.33. The molecule has 1 aromatic heterocycles. The van der Waals surface area contributed by atoms with Crippen molar-refractivity contribution in [2.75, 3.05) is 0 Å². The molecule has 94 valence electrons. The molecule has 2 N–H and O–H groups in total. The molecule has 9 heteroatoms. The smallest absolute Gasteiger partial charge is 0.502 e. The van der Waals surface area contributed by atoms with E-state index in [0.717, 1.165) is 6.07 Å². The van der Waals surface area contributed by atoms with Crippen LogP contribution in [0.15, 0.2) is 6.07 Å². The molecular weight excluding hydrogens is 311 g/mol. The molecule has 0 aliphatic heterocycles. The molecule has 0 fully saturated rings. The van der Waals surface area contributed by atoms with E-state index < -0.39 is 29.5 Å². The fraction of sp³-hybridized carbons (Fsp3) is 0.250. The Hall–Kier alpha value is -1.51. The van der Waals surface area contributed by atoms with Gasteiger partial charge in [-0.1, -0.05) is 15.9 Å². The first-order chi connectivity index (χ1) is 7.74. The number of hydrogen-bond donors (Lipinski definition) is 2. The first kappa shape index (κ1) is 13.6. The van der Waals surface area contributed by atoms with Crippen LogP contribution >= 0.6 is 15.9 Å². The summed E-state index contributed by atoms with van der Waals surface area (Å²) in [5, 5.41) is 17.9. The van der Waals surface area contributed by atoms with E-state index in [9.17, 15) is 23.1 Å². The Morgan fingerprint density at radius 2 is 2.12 bits per heavy atom. The predicted octanol–water partition coefficient (Wildman–Crippen LogP) is 2.28. The van der Waals surface area contributed by atoms with Crippen molar-refractivity contribution >= 4 is 21.9 Å². The summed E-state index contributed by atoms with van der Waals surface area (Å²) in [5.74, 6) is -3.94. The number of halogens is 4. The molecule has 1 heterocycles. The maximum Gasteiger partial charge on any atom is 0.574 e. The van der Waals surface area contributed by atoms with Crippen LogP contribution in [0.3, 0.4) is 0 Å². The van der Waals surface area contributed by atoms with Gasteiger partial charge in [-0.05, 0) is 6.07 Å². The van der Waals surface area contributed by atoms with Crippen molar-refractivity contribution in [2.45, 2.75) is 11.7 Å². The summed E-state index contributed by atoms with van der Waals surface area (Å²) in [7, 11) is 0. The lowest BCUT2D eigenvalue weighted by Gasteiger charge is -2.11. The number of rotatable bonds is 3. The molecule has 5 nitrogen and oxygen atoms in total. The molecule has 0 amide bonds. The van der Waals surface area contributed by atoms with E-state index in [4.69, 9.17) is 5.11 Å². The van der Waals surface area contributed by atoms with Gasteiger partial charge in [-0.2, -0.15) is 0 Å². The Morgan fingerprint density at radius 3 is 2.53 bits per heavy atom. The summed E-state index contributed by atoms with van der Waals surface area (Å²) >= 11 is 2.91. The van der Waals surface area contributed by atoms with Gasteiger partial charge in [0, 0.05) is 5.33 Å². The second kappa shape index (κ2) is 4.78. The maximum atomic E-state index is 12.0. The highest BCUT2D eigenvalue weighted by Gasteiger charge is 2.34. The first-order valence-electron chi connectivity index (χ1n) is 4.02. The van der Waals surface area contributed by atoms with E-state index in [-0.39, 0.29) is 11.0 Å². The van der Waals surface area contributed by atoms with E-state index in [1.165, 1.54) is 0 Å². The normalized spacial score (nSPS) is 11.3. The van der Waals surface area contributed by atoms with Gasteiger partial charge in [-0.25, -0.2) is 9.78 Å². The number of carboxylic acid groups (broad SMARTS) is 1. The van der Waals surface area contributed by atoms with Crippen LogP contribution in [0.1, 0.15) is 16.1 Å². The van der Waals surface area contributed by atoms with Crippen LogP contribution < -0.4 is 4.74 Å². The third-order valence-electron chi connectivity index (χ3n) is 1.59. The lowest BCUT2D eigenvalue weighted by Crippen LogP contribution is -2.19. The largest absolute Gasteiger partial charge is 0.574 e. The molecule has 0 bridgehead atoms. The molecule has 0 spiro atoms. The van der Waals surface area contributed by atoms with Crippen molar-refractivity contribution in [2.24, 2.45) is 0 Å². The van der Waals surface area contributed by atoms with Crippen molar-refractivity contribution in [1.29, 1.82) is 0 Å². The fourth-order valence-electron chi connectivity index (χ4n) is 0.978. The molecule has 0 saturated heterocycles. The van der Waals surface area contributed by atoms with Gasteiger partial charge in [0.25, 0.3) is 5.88 Å².